The molecule has 1 saturated heterocycles. The molecule has 8 nitrogen and oxygen atoms in total. The van der Waals surface area contributed by atoms with Crippen LogP contribution in [0.1, 0.15) is 18.4 Å². The number of aryl methyl sites for hydroxylation is 1. The Bertz CT molecular complexity index is 891. The molecule has 1 aliphatic heterocycles. The molecule has 2 N–H and O–H groups in total. The lowest BCUT2D eigenvalue weighted by atomic mass is 9.87. The molecule has 3 aromatic heterocycles. The summed E-state index contributed by atoms with van der Waals surface area (Å²) in [7, 11) is 0. The van der Waals surface area contributed by atoms with Gasteiger partial charge in [0.25, 0.3) is 0 Å². The third-order valence-corrected chi connectivity index (χ3v) is 4.77. The first kappa shape index (κ1) is 14.7. The van der Waals surface area contributed by atoms with Crippen LogP contribution in [-0.2, 0) is 10.3 Å². The van der Waals surface area contributed by atoms with E-state index in [2.05, 4.69) is 25.0 Å². The van der Waals surface area contributed by atoms with Crippen LogP contribution in [0.5, 0.6) is 0 Å². The van der Waals surface area contributed by atoms with Crippen LogP contribution in [-0.4, -0.2) is 48.9 Å². The number of nitrogens with one attached hydrogen (secondary N) is 1. The fourth-order valence-corrected chi connectivity index (χ4v) is 3.39. The Hall–Kier alpha value is -2.90. The van der Waals surface area contributed by atoms with E-state index in [1.165, 1.54) is 6.33 Å². The SMILES string of the molecule is Cc1cnn(C2(C(=O)O)CCN(c3ncnc4[nH]ccc34)CC2)c1. The van der Waals surface area contributed by atoms with Gasteiger partial charge in [-0.2, -0.15) is 5.10 Å². The standard InChI is InChI=1S/C16H18N6O2/c1-11-8-20-22(9-11)16(15(23)24)3-6-21(7-4-16)14-12-2-5-17-13(12)18-10-19-14/h2,5,8-10H,3-4,6-7H2,1H3,(H,23,24)(H,17,18,19). The van der Waals surface area contributed by atoms with E-state index >= 15 is 0 Å². The number of rotatable bonds is 3. The predicted molar refractivity (Wildman–Crippen MR) is 87.9 cm³/mol. The van der Waals surface area contributed by atoms with Gasteiger partial charge < -0.3 is 15.0 Å². The van der Waals surface area contributed by atoms with Crippen LogP contribution in [0.3, 0.4) is 0 Å². The molecule has 0 spiro atoms. The summed E-state index contributed by atoms with van der Waals surface area (Å²) in [6.07, 6.45) is 7.81. The zero-order chi connectivity index (χ0) is 16.7. The van der Waals surface area contributed by atoms with E-state index < -0.39 is 11.5 Å². The second-order valence-electron chi connectivity index (χ2n) is 6.22. The van der Waals surface area contributed by atoms with Crippen LogP contribution >= 0.6 is 0 Å². The maximum atomic E-state index is 12.0. The van der Waals surface area contributed by atoms with Crippen molar-refractivity contribution in [2.24, 2.45) is 0 Å². The summed E-state index contributed by atoms with van der Waals surface area (Å²) < 4.78 is 1.61. The third-order valence-electron chi connectivity index (χ3n) is 4.77. The Labute approximate surface area is 138 Å². The lowest BCUT2D eigenvalue weighted by Gasteiger charge is -2.39. The lowest BCUT2D eigenvalue weighted by Crippen LogP contribution is -2.51. The number of piperidine rings is 1. The van der Waals surface area contributed by atoms with E-state index in [9.17, 15) is 9.90 Å². The molecule has 0 unspecified atom stereocenters. The van der Waals surface area contributed by atoms with Crippen molar-refractivity contribution < 1.29 is 9.90 Å². The quantitative estimate of drug-likeness (QED) is 0.757. The van der Waals surface area contributed by atoms with Crippen molar-refractivity contribution in [3.05, 3.63) is 36.5 Å². The van der Waals surface area contributed by atoms with Gasteiger partial charge in [0.1, 0.15) is 17.8 Å². The molecule has 0 aromatic carbocycles. The first-order chi connectivity index (χ1) is 11.6. The second-order valence-corrected chi connectivity index (χ2v) is 6.22. The number of H-pyrrole nitrogens is 1. The molecule has 0 amide bonds. The highest BCUT2D eigenvalue weighted by Crippen LogP contribution is 2.33. The number of nitrogens with zero attached hydrogens (tertiary/aromatic N) is 5. The highest BCUT2D eigenvalue weighted by atomic mass is 16.4. The van der Waals surface area contributed by atoms with Gasteiger partial charge in [0.15, 0.2) is 5.54 Å². The van der Waals surface area contributed by atoms with Gasteiger partial charge in [-0.3, -0.25) is 4.68 Å². The van der Waals surface area contributed by atoms with Gasteiger partial charge in [-0.1, -0.05) is 0 Å². The summed E-state index contributed by atoms with van der Waals surface area (Å²) in [5.41, 5.74) is 0.760. The number of carbonyl (C=O) groups is 1. The van der Waals surface area contributed by atoms with Crippen molar-refractivity contribution in [1.82, 2.24) is 24.7 Å². The molecule has 1 fully saturated rings. The minimum absolute atomic E-state index is 0.472. The van der Waals surface area contributed by atoms with Gasteiger partial charge in [0.05, 0.1) is 11.6 Å². The van der Waals surface area contributed by atoms with Crippen LogP contribution in [0.25, 0.3) is 11.0 Å². The number of carboxylic acid groups (broad SMARTS) is 1. The first-order valence-corrected chi connectivity index (χ1v) is 7.88. The minimum Gasteiger partial charge on any atom is -0.479 e. The number of anilines is 1. The molecule has 1 aliphatic rings. The molecule has 4 heterocycles. The third kappa shape index (κ3) is 2.14. The topological polar surface area (TPSA) is 99.9 Å². The molecule has 0 radical (unpaired) electrons. The van der Waals surface area contributed by atoms with Gasteiger partial charge in [-0.25, -0.2) is 14.8 Å². The summed E-state index contributed by atoms with van der Waals surface area (Å²) in [6, 6.07) is 1.95. The number of carboxylic acids is 1. The van der Waals surface area contributed by atoms with Crippen molar-refractivity contribution in [3.8, 4) is 0 Å². The Morgan fingerprint density at radius 1 is 1.33 bits per heavy atom. The van der Waals surface area contributed by atoms with Crippen LogP contribution in [0.4, 0.5) is 5.82 Å². The van der Waals surface area contributed by atoms with Crippen LogP contribution < -0.4 is 4.90 Å². The fraction of sp³-hybridized carbons (Fsp3) is 0.375. The molecule has 0 bridgehead atoms. The fourth-order valence-electron chi connectivity index (χ4n) is 3.39. The molecular formula is C16H18N6O2. The average molecular weight is 326 g/mol. The second kappa shape index (κ2) is 5.33. The number of fused-ring (bicyclic) bond motifs is 1. The Kier molecular flexibility index (Phi) is 3.26. The molecule has 3 aromatic rings. The zero-order valence-corrected chi connectivity index (χ0v) is 13.3. The maximum absolute atomic E-state index is 12.0. The largest absolute Gasteiger partial charge is 0.479 e. The summed E-state index contributed by atoms with van der Waals surface area (Å²) in [5, 5.41) is 15.0. The van der Waals surface area contributed by atoms with Crippen molar-refractivity contribution in [2.45, 2.75) is 25.3 Å². The maximum Gasteiger partial charge on any atom is 0.331 e. The molecule has 124 valence electrons. The zero-order valence-electron chi connectivity index (χ0n) is 13.3. The first-order valence-electron chi connectivity index (χ1n) is 7.88. The van der Waals surface area contributed by atoms with Gasteiger partial charge in [-0.05, 0) is 18.6 Å². The Balaban J connectivity index is 1.64. The number of aliphatic carboxylic acids is 1. The molecule has 24 heavy (non-hydrogen) atoms. The minimum atomic E-state index is -0.991. The number of hydrogen-bond acceptors (Lipinski definition) is 5. The van der Waals surface area contributed by atoms with Gasteiger partial charge >= 0.3 is 5.97 Å². The van der Waals surface area contributed by atoms with Crippen molar-refractivity contribution in [3.63, 3.8) is 0 Å². The lowest BCUT2D eigenvalue weighted by molar-refractivity contribution is -0.149. The van der Waals surface area contributed by atoms with E-state index in [0.29, 0.717) is 25.9 Å². The highest BCUT2D eigenvalue weighted by molar-refractivity contribution is 5.87. The Morgan fingerprint density at radius 2 is 2.12 bits per heavy atom. The average Bonchev–Trinajstić information content (AvgIpc) is 3.23. The summed E-state index contributed by atoms with van der Waals surface area (Å²) >= 11 is 0. The van der Waals surface area contributed by atoms with Crippen molar-refractivity contribution in [2.75, 3.05) is 18.0 Å². The monoisotopic (exact) mass is 326 g/mol. The predicted octanol–water partition coefficient (Wildman–Crippen LogP) is 1.54. The van der Waals surface area contributed by atoms with Crippen LogP contribution in [0, 0.1) is 6.92 Å². The van der Waals surface area contributed by atoms with Gasteiger partial charge in [-0.15, -0.1) is 0 Å². The van der Waals surface area contributed by atoms with Crippen molar-refractivity contribution in [1.29, 1.82) is 0 Å². The van der Waals surface area contributed by atoms with E-state index in [0.717, 1.165) is 22.4 Å². The summed E-state index contributed by atoms with van der Waals surface area (Å²) in [4.78, 5) is 25.8. The molecule has 0 aliphatic carbocycles. The van der Waals surface area contributed by atoms with Gasteiger partial charge in [0, 0.05) is 38.3 Å². The molecule has 8 heteroatoms. The molecular weight excluding hydrogens is 308 g/mol. The smallest absolute Gasteiger partial charge is 0.331 e. The van der Waals surface area contributed by atoms with Crippen molar-refractivity contribution >= 4 is 22.8 Å². The highest BCUT2D eigenvalue weighted by Gasteiger charge is 2.44. The van der Waals surface area contributed by atoms with Crippen LogP contribution in [0.2, 0.25) is 0 Å². The molecule has 0 atom stereocenters. The van der Waals surface area contributed by atoms with Crippen LogP contribution in [0.15, 0.2) is 31.0 Å². The normalized spacial score (nSPS) is 17.3. The Morgan fingerprint density at radius 3 is 2.79 bits per heavy atom. The van der Waals surface area contributed by atoms with E-state index in [1.54, 1.807) is 17.1 Å². The van der Waals surface area contributed by atoms with Gasteiger partial charge in [0.2, 0.25) is 0 Å². The van der Waals surface area contributed by atoms with E-state index in [1.807, 2.05) is 19.2 Å². The van der Waals surface area contributed by atoms with E-state index in [4.69, 9.17) is 0 Å². The number of hydrogen-bond donors (Lipinski definition) is 2. The molecule has 4 rings (SSSR count). The molecule has 0 saturated carbocycles. The van der Waals surface area contributed by atoms with E-state index in [-0.39, 0.29) is 0 Å². The summed E-state index contributed by atoms with van der Waals surface area (Å²) in [6.45, 7) is 3.11. The number of aromatic nitrogens is 5. The number of aromatic amines is 1. The summed E-state index contributed by atoms with van der Waals surface area (Å²) in [5.74, 6) is 0.0108.